The molecule has 0 radical (unpaired) electrons. The molecule has 0 saturated carbocycles. The molecule has 4 nitrogen and oxygen atoms in total. The van der Waals surface area contributed by atoms with Crippen LogP contribution in [-0.4, -0.2) is 19.9 Å². The first-order valence-electron chi connectivity index (χ1n) is 6.41. The van der Waals surface area contributed by atoms with Crippen LogP contribution in [0.25, 0.3) is 6.08 Å². The molecule has 2 aromatic rings. The number of aromatic nitrogens is 2. The van der Waals surface area contributed by atoms with Crippen molar-refractivity contribution < 1.29 is 4.79 Å². The lowest BCUT2D eigenvalue weighted by Gasteiger charge is -2.20. The van der Waals surface area contributed by atoms with Gasteiger partial charge in [-0.1, -0.05) is 17.8 Å². The second-order valence-corrected chi connectivity index (χ2v) is 6.38. The summed E-state index contributed by atoms with van der Waals surface area (Å²) in [6, 6.07) is 7.69. The summed E-state index contributed by atoms with van der Waals surface area (Å²) in [6.45, 7) is 3.91. The Bertz CT molecular complexity index is 730. The smallest absolute Gasteiger partial charge is 0.266 e. The van der Waals surface area contributed by atoms with Crippen LogP contribution < -0.4 is 5.01 Å². The molecule has 0 bridgehead atoms. The molecule has 1 aliphatic rings. The van der Waals surface area contributed by atoms with Crippen molar-refractivity contribution in [2.24, 2.45) is 0 Å². The molecular weight excluding hydrogens is 302 g/mol. The van der Waals surface area contributed by atoms with Gasteiger partial charge in [0.1, 0.15) is 0 Å². The summed E-state index contributed by atoms with van der Waals surface area (Å²) in [6.07, 6.45) is 5.24. The Morgan fingerprint density at radius 3 is 2.57 bits per heavy atom. The Labute approximate surface area is 132 Å². The van der Waals surface area contributed by atoms with Gasteiger partial charge in [-0.25, -0.2) is 0 Å². The molecule has 0 unspecified atom stereocenters. The number of nitrogens with zero attached hydrogens (tertiary/aromatic N) is 3. The fourth-order valence-corrected chi connectivity index (χ4v) is 3.46. The summed E-state index contributed by atoms with van der Waals surface area (Å²) in [5.74, 6) is -0.101. The van der Waals surface area contributed by atoms with E-state index in [1.807, 2.05) is 48.9 Å². The van der Waals surface area contributed by atoms with Crippen LogP contribution in [0.15, 0.2) is 41.6 Å². The lowest BCUT2D eigenvalue weighted by Crippen LogP contribution is -2.39. The first-order chi connectivity index (χ1) is 10.1. The zero-order valence-electron chi connectivity index (χ0n) is 11.6. The van der Waals surface area contributed by atoms with Crippen LogP contribution in [0, 0.1) is 13.8 Å². The van der Waals surface area contributed by atoms with Crippen LogP contribution in [0.1, 0.15) is 17.0 Å². The van der Waals surface area contributed by atoms with E-state index in [4.69, 9.17) is 12.2 Å². The van der Waals surface area contributed by atoms with Crippen LogP contribution in [0.2, 0.25) is 0 Å². The zero-order chi connectivity index (χ0) is 15.0. The van der Waals surface area contributed by atoms with E-state index in [1.54, 1.807) is 17.4 Å². The van der Waals surface area contributed by atoms with Crippen molar-refractivity contribution in [2.75, 3.05) is 5.01 Å². The molecule has 1 amide bonds. The normalized spacial score (nSPS) is 17.0. The van der Waals surface area contributed by atoms with E-state index in [2.05, 4.69) is 4.98 Å². The number of rotatable bonds is 2. The molecule has 3 heterocycles. The Balaban J connectivity index is 1.99. The number of pyridine rings is 1. The van der Waals surface area contributed by atoms with Gasteiger partial charge in [-0.05, 0) is 55.9 Å². The molecule has 0 atom stereocenters. The first kappa shape index (κ1) is 14.0. The van der Waals surface area contributed by atoms with Crippen LogP contribution in [0.4, 0.5) is 0 Å². The fraction of sp³-hybridized carbons (Fsp3) is 0.133. The average Bonchev–Trinajstić information content (AvgIpc) is 2.92. The molecule has 1 fully saturated rings. The zero-order valence-corrected chi connectivity index (χ0v) is 13.2. The van der Waals surface area contributed by atoms with Gasteiger partial charge in [0.15, 0.2) is 4.32 Å². The molecule has 0 aromatic carbocycles. The molecule has 0 N–H and O–H groups in total. The molecule has 3 rings (SSSR count). The minimum atomic E-state index is -0.101. The number of aryl methyl sites for hydroxylation is 2. The van der Waals surface area contributed by atoms with Crippen LogP contribution in [0.5, 0.6) is 0 Å². The standard InChI is InChI=1S/C15H13N3OS2/c1-10-5-6-11(2)17(10)18-14(19)13(21-15(18)20)8-12-4-3-7-16-9-12/h3-9H,1-2H3/b13-8+. The van der Waals surface area contributed by atoms with Crippen LogP contribution >= 0.6 is 24.0 Å². The van der Waals surface area contributed by atoms with Crippen LogP contribution in [-0.2, 0) is 4.79 Å². The molecule has 0 spiro atoms. The maximum Gasteiger partial charge on any atom is 0.285 e. The van der Waals surface area contributed by atoms with Gasteiger partial charge in [0.2, 0.25) is 0 Å². The monoisotopic (exact) mass is 315 g/mol. The van der Waals surface area contributed by atoms with Crippen molar-refractivity contribution in [1.29, 1.82) is 0 Å². The highest BCUT2D eigenvalue weighted by Crippen LogP contribution is 2.32. The highest BCUT2D eigenvalue weighted by Gasteiger charge is 2.34. The molecule has 0 aliphatic carbocycles. The summed E-state index contributed by atoms with van der Waals surface area (Å²) in [7, 11) is 0. The van der Waals surface area contributed by atoms with E-state index in [0.717, 1.165) is 17.0 Å². The second kappa shape index (κ2) is 5.46. The lowest BCUT2D eigenvalue weighted by atomic mass is 10.2. The van der Waals surface area contributed by atoms with E-state index in [0.29, 0.717) is 9.23 Å². The molecule has 1 aliphatic heterocycles. The maximum atomic E-state index is 12.6. The molecule has 6 heteroatoms. The number of hydrogen-bond donors (Lipinski definition) is 0. The number of carbonyl (C=O) groups excluding carboxylic acids is 1. The summed E-state index contributed by atoms with van der Waals surface area (Å²) in [5, 5.41) is 1.55. The van der Waals surface area contributed by atoms with Gasteiger partial charge in [-0.15, -0.1) is 0 Å². The maximum absolute atomic E-state index is 12.6. The van der Waals surface area contributed by atoms with Crippen molar-refractivity contribution >= 4 is 40.3 Å². The number of amides is 1. The van der Waals surface area contributed by atoms with E-state index in [-0.39, 0.29) is 5.91 Å². The van der Waals surface area contributed by atoms with Gasteiger partial charge in [-0.3, -0.25) is 14.5 Å². The average molecular weight is 315 g/mol. The third-order valence-corrected chi connectivity index (χ3v) is 4.47. The quantitative estimate of drug-likeness (QED) is 0.631. The number of carbonyl (C=O) groups is 1. The fourth-order valence-electron chi connectivity index (χ4n) is 2.22. The Kier molecular flexibility index (Phi) is 3.65. The largest absolute Gasteiger partial charge is 0.285 e. The topological polar surface area (TPSA) is 38.1 Å². The second-order valence-electron chi connectivity index (χ2n) is 4.71. The SMILES string of the molecule is Cc1ccc(C)n1N1C(=O)/C(=C\c2cccnc2)SC1=S. The van der Waals surface area contributed by atoms with Gasteiger partial charge in [-0.2, -0.15) is 5.01 Å². The van der Waals surface area contributed by atoms with Gasteiger partial charge < -0.3 is 0 Å². The van der Waals surface area contributed by atoms with Gasteiger partial charge in [0, 0.05) is 23.8 Å². The van der Waals surface area contributed by atoms with E-state index < -0.39 is 0 Å². The number of thiocarbonyl (C=S) groups is 1. The minimum Gasteiger partial charge on any atom is -0.266 e. The molecule has 21 heavy (non-hydrogen) atoms. The first-order valence-corrected chi connectivity index (χ1v) is 7.63. The Morgan fingerprint density at radius 1 is 1.24 bits per heavy atom. The summed E-state index contributed by atoms with van der Waals surface area (Å²) < 4.78 is 2.39. The third-order valence-electron chi connectivity index (χ3n) is 3.19. The summed E-state index contributed by atoms with van der Waals surface area (Å²) in [4.78, 5) is 17.3. The minimum absolute atomic E-state index is 0.101. The van der Waals surface area contributed by atoms with Gasteiger partial charge in [0.05, 0.1) is 4.91 Å². The van der Waals surface area contributed by atoms with E-state index in [1.165, 1.54) is 11.8 Å². The number of hydrogen-bond acceptors (Lipinski definition) is 4. The highest BCUT2D eigenvalue weighted by atomic mass is 32.2. The third kappa shape index (κ3) is 2.52. The van der Waals surface area contributed by atoms with Gasteiger partial charge in [0.25, 0.3) is 5.91 Å². The summed E-state index contributed by atoms with van der Waals surface area (Å²) in [5.41, 5.74) is 2.84. The number of thioether (sulfide) groups is 1. The predicted molar refractivity (Wildman–Crippen MR) is 89.5 cm³/mol. The van der Waals surface area contributed by atoms with Crippen molar-refractivity contribution in [2.45, 2.75) is 13.8 Å². The van der Waals surface area contributed by atoms with Crippen molar-refractivity contribution in [3.8, 4) is 0 Å². The van der Waals surface area contributed by atoms with E-state index >= 15 is 0 Å². The molecule has 1 saturated heterocycles. The summed E-state index contributed by atoms with van der Waals surface area (Å²) >= 11 is 6.68. The van der Waals surface area contributed by atoms with Crippen molar-refractivity contribution in [3.05, 3.63) is 58.5 Å². The molecular formula is C15H13N3OS2. The van der Waals surface area contributed by atoms with Crippen molar-refractivity contribution in [1.82, 2.24) is 9.66 Å². The van der Waals surface area contributed by atoms with Crippen molar-refractivity contribution in [3.63, 3.8) is 0 Å². The van der Waals surface area contributed by atoms with Crippen LogP contribution in [0.3, 0.4) is 0 Å². The lowest BCUT2D eigenvalue weighted by molar-refractivity contribution is -0.114. The highest BCUT2D eigenvalue weighted by molar-refractivity contribution is 8.27. The Morgan fingerprint density at radius 2 is 1.95 bits per heavy atom. The van der Waals surface area contributed by atoms with E-state index in [9.17, 15) is 4.79 Å². The molecule has 2 aromatic heterocycles. The molecule has 106 valence electrons. The van der Waals surface area contributed by atoms with Gasteiger partial charge >= 0.3 is 0 Å². The Hall–Kier alpha value is -1.92. The predicted octanol–water partition coefficient (Wildman–Crippen LogP) is 3.04.